The zero-order chi connectivity index (χ0) is 16.1. The third-order valence-corrected chi connectivity index (χ3v) is 5.82. The molecule has 0 rings (SSSR count). The summed E-state index contributed by atoms with van der Waals surface area (Å²) in [6.45, 7) is 14.5. The summed E-state index contributed by atoms with van der Waals surface area (Å²) in [4.78, 5) is 0. The van der Waals surface area contributed by atoms with Crippen molar-refractivity contribution >= 4 is 0 Å². The minimum absolute atomic E-state index is 0.591. The topological polar surface area (TPSA) is 0 Å². The molecule has 21 heavy (non-hydrogen) atoms. The van der Waals surface area contributed by atoms with Crippen LogP contribution in [0, 0.1) is 17.3 Å². The van der Waals surface area contributed by atoms with E-state index >= 15 is 0 Å². The highest BCUT2D eigenvalue weighted by Crippen LogP contribution is 2.39. The fraction of sp³-hybridized carbons (Fsp3) is 1.00. The maximum absolute atomic E-state index is 2.56. The Kier molecular flexibility index (Phi) is 12.5. The second-order valence-electron chi connectivity index (χ2n) is 7.82. The van der Waals surface area contributed by atoms with Crippen LogP contribution in [0.3, 0.4) is 0 Å². The zero-order valence-corrected chi connectivity index (χ0v) is 16.1. The molecule has 0 spiro atoms. The van der Waals surface area contributed by atoms with E-state index in [9.17, 15) is 0 Å². The van der Waals surface area contributed by atoms with E-state index in [-0.39, 0.29) is 0 Å². The van der Waals surface area contributed by atoms with Crippen molar-refractivity contribution in [1.29, 1.82) is 0 Å². The molecule has 0 aromatic heterocycles. The predicted molar refractivity (Wildman–Crippen MR) is 98.9 cm³/mol. The van der Waals surface area contributed by atoms with E-state index in [2.05, 4.69) is 41.5 Å². The molecule has 128 valence electrons. The zero-order valence-electron chi connectivity index (χ0n) is 16.1. The van der Waals surface area contributed by atoms with Crippen molar-refractivity contribution in [3.05, 3.63) is 0 Å². The number of rotatable bonds is 14. The van der Waals surface area contributed by atoms with Crippen molar-refractivity contribution in [1.82, 2.24) is 0 Å². The molecule has 0 aromatic carbocycles. The molecular weight excluding hydrogens is 252 g/mol. The van der Waals surface area contributed by atoms with E-state index in [1.165, 1.54) is 77.0 Å². The Morgan fingerprint density at radius 1 is 0.810 bits per heavy atom. The second kappa shape index (κ2) is 12.5. The van der Waals surface area contributed by atoms with Gasteiger partial charge in [-0.2, -0.15) is 0 Å². The van der Waals surface area contributed by atoms with E-state index in [1.54, 1.807) is 0 Å². The van der Waals surface area contributed by atoms with Gasteiger partial charge < -0.3 is 0 Å². The number of hydrogen-bond acceptors (Lipinski definition) is 0. The molecule has 0 N–H and O–H groups in total. The minimum Gasteiger partial charge on any atom is -0.0654 e. The van der Waals surface area contributed by atoms with E-state index in [4.69, 9.17) is 0 Å². The molecule has 0 heterocycles. The lowest BCUT2D eigenvalue weighted by atomic mass is 9.71. The van der Waals surface area contributed by atoms with Gasteiger partial charge in [-0.3, -0.25) is 0 Å². The molecule has 0 amide bonds. The summed E-state index contributed by atoms with van der Waals surface area (Å²) in [6.07, 6.45) is 17.0. The average Bonchev–Trinajstić information content (AvgIpc) is 2.48. The molecule has 0 saturated heterocycles. The van der Waals surface area contributed by atoms with Crippen molar-refractivity contribution in [3.63, 3.8) is 0 Å². The molecule has 0 heteroatoms. The van der Waals surface area contributed by atoms with E-state index < -0.39 is 0 Å². The number of hydrogen-bond donors (Lipinski definition) is 0. The van der Waals surface area contributed by atoms with Crippen LogP contribution in [-0.2, 0) is 0 Å². The van der Waals surface area contributed by atoms with Crippen molar-refractivity contribution in [2.75, 3.05) is 0 Å². The third-order valence-electron chi connectivity index (χ3n) is 5.82. The van der Waals surface area contributed by atoms with Gasteiger partial charge in [0, 0.05) is 0 Å². The standard InChI is InChI=1S/C21H44/c1-7-11-12-13-14-15-17-21(6,10-4)18-20(9-3)19(5)16-8-2/h19-20H,7-18H2,1-6H3. The summed E-state index contributed by atoms with van der Waals surface area (Å²) in [5, 5.41) is 0. The van der Waals surface area contributed by atoms with E-state index in [0.717, 1.165) is 11.8 Å². The van der Waals surface area contributed by atoms with Gasteiger partial charge in [0.2, 0.25) is 0 Å². The van der Waals surface area contributed by atoms with Crippen molar-refractivity contribution in [3.8, 4) is 0 Å². The fourth-order valence-corrected chi connectivity index (χ4v) is 3.83. The molecule has 0 bridgehead atoms. The van der Waals surface area contributed by atoms with Gasteiger partial charge in [0.05, 0.1) is 0 Å². The van der Waals surface area contributed by atoms with Gasteiger partial charge in [-0.25, -0.2) is 0 Å². The van der Waals surface area contributed by atoms with Crippen LogP contribution >= 0.6 is 0 Å². The first-order chi connectivity index (χ1) is 10.0. The summed E-state index contributed by atoms with van der Waals surface area (Å²) in [6, 6.07) is 0. The van der Waals surface area contributed by atoms with E-state index in [1.807, 2.05) is 0 Å². The first-order valence-corrected chi connectivity index (χ1v) is 10.0. The molecule has 3 atom stereocenters. The minimum atomic E-state index is 0.591. The van der Waals surface area contributed by atoms with Crippen LogP contribution in [0.15, 0.2) is 0 Å². The van der Waals surface area contributed by atoms with Crippen LogP contribution in [-0.4, -0.2) is 0 Å². The van der Waals surface area contributed by atoms with Gasteiger partial charge in [-0.05, 0) is 30.1 Å². The van der Waals surface area contributed by atoms with Crippen molar-refractivity contribution < 1.29 is 0 Å². The highest BCUT2D eigenvalue weighted by molar-refractivity contribution is 4.79. The molecule has 0 aliphatic heterocycles. The first kappa shape index (κ1) is 21.0. The van der Waals surface area contributed by atoms with Gasteiger partial charge in [0.15, 0.2) is 0 Å². The second-order valence-corrected chi connectivity index (χ2v) is 7.82. The molecule has 0 aliphatic rings. The lowest BCUT2D eigenvalue weighted by Crippen LogP contribution is -2.23. The largest absolute Gasteiger partial charge is 0.0654 e. The smallest absolute Gasteiger partial charge is 0.0326 e. The monoisotopic (exact) mass is 296 g/mol. The molecule has 0 aromatic rings. The Hall–Kier alpha value is 0. The SMILES string of the molecule is CCCCCCCCC(C)(CC)CC(CC)C(C)CCC. The molecule has 0 nitrogen and oxygen atoms in total. The maximum atomic E-state index is 2.56. The fourth-order valence-electron chi connectivity index (χ4n) is 3.83. The highest BCUT2D eigenvalue weighted by atomic mass is 14.3. The van der Waals surface area contributed by atoms with Crippen LogP contribution in [0.25, 0.3) is 0 Å². The Balaban J connectivity index is 4.17. The summed E-state index contributed by atoms with van der Waals surface area (Å²) >= 11 is 0. The van der Waals surface area contributed by atoms with Crippen LogP contribution in [0.4, 0.5) is 0 Å². The average molecular weight is 297 g/mol. The number of unbranched alkanes of at least 4 members (excludes halogenated alkanes) is 5. The quantitative estimate of drug-likeness (QED) is 0.285. The van der Waals surface area contributed by atoms with Gasteiger partial charge in [0.25, 0.3) is 0 Å². The molecule has 0 aliphatic carbocycles. The summed E-state index contributed by atoms with van der Waals surface area (Å²) in [5.74, 6) is 1.85. The Morgan fingerprint density at radius 2 is 1.43 bits per heavy atom. The molecular formula is C21H44. The van der Waals surface area contributed by atoms with Gasteiger partial charge in [-0.15, -0.1) is 0 Å². The lowest BCUT2D eigenvalue weighted by molar-refractivity contribution is 0.163. The third kappa shape index (κ3) is 9.59. The normalized spacial score (nSPS) is 17.4. The summed E-state index contributed by atoms with van der Waals surface area (Å²) in [5.41, 5.74) is 0.591. The van der Waals surface area contributed by atoms with Crippen molar-refractivity contribution in [2.45, 2.75) is 119 Å². The Morgan fingerprint density at radius 3 is 1.95 bits per heavy atom. The van der Waals surface area contributed by atoms with Crippen LogP contribution in [0.2, 0.25) is 0 Å². The van der Waals surface area contributed by atoms with Crippen LogP contribution in [0.1, 0.15) is 119 Å². The first-order valence-electron chi connectivity index (χ1n) is 10.0. The molecule has 0 fully saturated rings. The van der Waals surface area contributed by atoms with Crippen LogP contribution < -0.4 is 0 Å². The van der Waals surface area contributed by atoms with Gasteiger partial charge in [-0.1, -0.05) is 106 Å². The Labute approximate surface area is 136 Å². The predicted octanol–water partition coefficient (Wildman–Crippen LogP) is 8.01. The van der Waals surface area contributed by atoms with Crippen molar-refractivity contribution in [2.24, 2.45) is 17.3 Å². The van der Waals surface area contributed by atoms with Gasteiger partial charge >= 0.3 is 0 Å². The summed E-state index contributed by atoms with van der Waals surface area (Å²) in [7, 11) is 0. The van der Waals surface area contributed by atoms with E-state index in [0.29, 0.717) is 5.41 Å². The molecule has 3 unspecified atom stereocenters. The molecule has 0 radical (unpaired) electrons. The van der Waals surface area contributed by atoms with Gasteiger partial charge in [0.1, 0.15) is 0 Å². The van der Waals surface area contributed by atoms with Crippen LogP contribution in [0.5, 0.6) is 0 Å². The summed E-state index contributed by atoms with van der Waals surface area (Å²) < 4.78 is 0. The molecule has 0 saturated carbocycles. The maximum Gasteiger partial charge on any atom is -0.0326 e. The lowest BCUT2D eigenvalue weighted by Gasteiger charge is -2.35. The Bertz CT molecular complexity index is 220. The highest BCUT2D eigenvalue weighted by Gasteiger charge is 2.27.